The van der Waals surface area contributed by atoms with Gasteiger partial charge < -0.3 is 10.4 Å². The molecule has 0 aliphatic carbocycles. The Labute approximate surface area is 104 Å². The first-order valence-corrected chi connectivity index (χ1v) is 6.05. The van der Waals surface area contributed by atoms with Crippen LogP contribution in [0.15, 0.2) is 22.7 Å². The molecule has 1 rings (SSSR count). The number of amides is 1. The zero-order valence-corrected chi connectivity index (χ0v) is 11.0. The molecule has 1 unspecified atom stereocenters. The van der Waals surface area contributed by atoms with Crippen molar-refractivity contribution in [1.82, 2.24) is 5.32 Å². The van der Waals surface area contributed by atoms with Gasteiger partial charge in [-0.1, -0.05) is 22.9 Å². The van der Waals surface area contributed by atoms with Crippen LogP contribution in [0.2, 0.25) is 0 Å². The lowest BCUT2D eigenvalue weighted by atomic mass is 10.1. The molecule has 1 aromatic rings. The van der Waals surface area contributed by atoms with E-state index in [-0.39, 0.29) is 18.6 Å². The highest BCUT2D eigenvalue weighted by Crippen LogP contribution is 2.15. The molecule has 1 atom stereocenters. The second kappa shape index (κ2) is 6.01. The van der Waals surface area contributed by atoms with Gasteiger partial charge >= 0.3 is 0 Å². The fraction of sp³-hybridized carbons (Fsp3) is 0.417. The number of carbonyl (C=O) groups is 1. The van der Waals surface area contributed by atoms with Gasteiger partial charge in [0, 0.05) is 10.0 Å². The predicted molar refractivity (Wildman–Crippen MR) is 67.5 cm³/mol. The summed E-state index contributed by atoms with van der Waals surface area (Å²) >= 11 is 3.35. The van der Waals surface area contributed by atoms with E-state index in [1.54, 1.807) is 6.07 Å². The Balaban J connectivity index is 2.80. The number of hydrogen-bond acceptors (Lipinski definition) is 2. The number of aliphatic hydroxyl groups is 1. The van der Waals surface area contributed by atoms with Gasteiger partial charge in [0.05, 0.1) is 12.6 Å². The largest absolute Gasteiger partial charge is 0.394 e. The molecule has 0 radical (unpaired) electrons. The van der Waals surface area contributed by atoms with Crippen LogP contribution in [-0.2, 0) is 0 Å². The van der Waals surface area contributed by atoms with Crippen LogP contribution < -0.4 is 5.32 Å². The zero-order chi connectivity index (χ0) is 12.1. The van der Waals surface area contributed by atoms with Crippen molar-refractivity contribution in [1.29, 1.82) is 0 Å². The lowest BCUT2D eigenvalue weighted by Crippen LogP contribution is -2.37. The SMILES string of the molecule is CCC(CO)NC(=O)c1ccc(Br)cc1C. The average molecular weight is 286 g/mol. The van der Waals surface area contributed by atoms with Crippen LogP contribution in [0.3, 0.4) is 0 Å². The minimum atomic E-state index is -0.171. The maximum Gasteiger partial charge on any atom is 0.251 e. The summed E-state index contributed by atoms with van der Waals surface area (Å²) in [7, 11) is 0. The Hall–Kier alpha value is -0.870. The number of benzene rings is 1. The summed E-state index contributed by atoms with van der Waals surface area (Å²) in [5, 5.41) is 11.8. The molecule has 0 saturated carbocycles. The van der Waals surface area contributed by atoms with Crippen molar-refractivity contribution in [3.63, 3.8) is 0 Å². The first-order chi connectivity index (χ1) is 7.58. The van der Waals surface area contributed by atoms with E-state index in [4.69, 9.17) is 5.11 Å². The molecular formula is C12H16BrNO2. The van der Waals surface area contributed by atoms with Gasteiger partial charge in [0.2, 0.25) is 0 Å². The number of carbonyl (C=O) groups excluding carboxylic acids is 1. The van der Waals surface area contributed by atoms with E-state index in [9.17, 15) is 4.79 Å². The molecular weight excluding hydrogens is 270 g/mol. The Morgan fingerprint density at radius 2 is 2.25 bits per heavy atom. The van der Waals surface area contributed by atoms with Gasteiger partial charge in [-0.15, -0.1) is 0 Å². The maximum absolute atomic E-state index is 11.9. The van der Waals surface area contributed by atoms with Crippen molar-refractivity contribution in [2.24, 2.45) is 0 Å². The lowest BCUT2D eigenvalue weighted by molar-refractivity contribution is 0.0914. The molecule has 0 heterocycles. The standard InChI is InChI=1S/C12H16BrNO2/c1-3-10(7-15)14-12(16)11-5-4-9(13)6-8(11)2/h4-6,10,15H,3,7H2,1-2H3,(H,14,16). The molecule has 88 valence electrons. The summed E-state index contributed by atoms with van der Waals surface area (Å²) in [4.78, 5) is 11.9. The van der Waals surface area contributed by atoms with Gasteiger partial charge in [0.1, 0.15) is 0 Å². The van der Waals surface area contributed by atoms with E-state index in [0.29, 0.717) is 5.56 Å². The molecule has 1 aromatic carbocycles. The topological polar surface area (TPSA) is 49.3 Å². The van der Waals surface area contributed by atoms with Crippen molar-refractivity contribution in [2.75, 3.05) is 6.61 Å². The molecule has 2 N–H and O–H groups in total. The lowest BCUT2D eigenvalue weighted by Gasteiger charge is -2.15. The van der Waals surface area contributed by atoms with Crippen LogP contribution in [0.25, 0.3) is 0 Å². The molecule has 0 aromatic heterocycles. The minimum Gasteiger partial charge on any atom is -0.394 e. The molecule has 0 bridgehead atoms. The number of halogens is 1. The second-order valence-corrected chi connectivity index (χ2v) is 4.64. The summed E-state index contributed by atoms with van der Waals surface area (Å²) in [5.41, 5.74) is 1.56. The molecule has 0 spiro atoms. The first kappa shape index (κ1) is 13.2. The zero-order valence-electron chi connectivity index (χ0n) is 9.46. The predicted octanol–water partition coefficient (Wildman–Crippen LogP) is 2.26. The third-order valence-electron chi connectivity index (χ3n) is 2.48. The highest BCUT2D eigenvalue weighted by molar-refractivity contribution is 9.10. The maximum atomic E-state index is 11.9. The van der Waals surface area contributed by atoms with Crippen LogP contribution in [-0.4, -0.2) is 23.7 Å². The Morgan fingerprint density at radius 3 is 2.75 bits per heavy atom. The van der Waals surface area contributed by atoms with Gasteiger partial charge in [-0.3, -0.25) is 4.79 Å². The number of hydrogen-bond donors (Lipinski definition) is 2. The molecule has 0 saturated heterocycles. The fourth-order valence-electron chi connectivity index (χ4n) is 1.42. The van der Waals surface area contributed by atoms with Gasteiger partial charge in [-0.2, -0.15) is 0 Å². The van der Waals surface area contributed by atoms with Gasteiger partial charge in [0.15, 0.2) is 0 Å². The van der Waals surface area contributed by atoms with E-state index >= 15 is 0 Å². The van der Waals surface area contributed by atoms with Crippen LogP contribution in [0.5, 0.6) is 0 Å². The summed E-state index contributed by atoms with van der Waals surface area (Å²) in [6, 6.07) is 5.34. The molecule has 0 aliphatic heterocycles. The Bertz CT molecular complexity index is 375. The number of rotatable bonds is 4. The molecule has 0 fully saturated rings. The molecule has 4 heteroatoms. The van der Waals surface area contributed by atoms with Crippen molar-refractivity contribution in [2.45, 2.75) is 26.3 Å². The van der Waals surface area contributed by atoms with E-state index in [1.165, 1.54) is 0 Å². The molecule has 3 nitrogen and oxygen atoms in total. The third-order valence-corrected chi connectivity index (χ3v) is 2.97. The molecule has 1 amide bonds. The quantitative estimate of drug-likeness (QED) is 0.892. The molecule has 0 aliphatic rings. The van der Waals surface area contributed by atoms with Crippen LogP contribution >= 0.6 is 15.9 Å². The second-order valence-electron chi connectivity index (χ2n) is 3.72. The van der Waals surface area contributed by atoms with Crippen molar-refractivity contribution < 1.29 is 9.90 Å². The van der Waals surface area contributed by atoms with Gasteiger partial charge in [-0.25, -0.2) is 0 Å². The average Bonchev–Trinajstić information content (AvgIpc) is 2.25. The van der Waals surface area contributed by atoms with Crippen LogP contribution in [0, 0.1) is 6.92 Å². The van der Waals surface area contributed by atoms with E-state index in [0.717, 1.165) is 16.5 Å². The van der Waals surface area contributed by atoms with Gasteiger partial charge in [0.25, 0.3) is 5.91 Å². The Kier molecular flexibility index (Phi) is 4.96. The van der Waals surface area contributed by atoms with E-state index in [2.05, 4.69) is 21.2 Å². The highest BCUT2D eigenvalue weighted by atomic mass is 79.9. The summed E-state index contributed by atoms with van der Waals surface area (Å²) in [6.45, 7) is 3.78. The third kappa shape index (κ3) is 3.32. The molecule has 16 heavy (non-hydrogen) atoms. The van der Waals surface area contributed by atoms with E-state index < -0.39 is 0 Å². The van der Waals surface area contributed by atoms with Crippen molar-refractivity contribution in [3.05, 3.63) is 33.8 Å². The fourth-order valence-corrected chi connectivity index (χ4v) is 1.90. The van der Waals surface area contributed by atoms with Crippen LogP contribution in [0.1, 0.15) is 29.3 Å². The number of aliphatic hydroxyl groups excluding tert-OH is 1. The highest BCUT2D eigenvalue weighted by Gasteiger charge is 2.13. The van der Waals surface area contributed by atoms with Gasteiger partial charge in [-0.05, 0) is 37.1 Å². The Morgan fingerprint density at radius 1 is 1.56 bits per heavy atom. The van der Waals surface area contributed by atoms with Crippen molar-refractivity contribution in [3.8, 4) is 0 Å². The number of nitrogens with one attached hydrogen (secondary N) is 1. The van der Waals surface area contributed by atoms with Crippen molar-refractivity contribution >= 4 is 21.8 Å². The first-order valence-electron chi connectivity index (χ1n) is 5.26. The smallest absolute Gasteiger partial charge is 0.251 e. The van der Waals surface area contributed by atoms with E-state index in [1.807, 2.05) is 26.0 Å². The van der Waals surface area contributed by atoms with Crippen LogP contribution in [0.4, 0.5) is 0 Å². The normalized spacial score (nSPS) is 12.2. The summed E-state index contributed by atoms with van der Waals surface area (Å²) in [5.74, 6) is -0.133. The number of aryl methyl sites for hydroxylation is 1. The summed E-state index contributed by atoms with van der Waals surface area (Å²) in [6.07, 6.45) is 0.720. The summed E-state index contributed by atoms with van der Waals surface area (Å²) < 4.78 is 0.954. The minimum absolute atomic E-state index is 0.0299. The monoisotopic (exact) mass is 285 g/mol.